The monoisotopic (exact) mass is 307 g/mol. The highest BCUT2D eigenvalue weighted by atomic mass is 32.2. The Kier molecular flexibility index (Phi) is 8.68. The molecule has 0 heterocycles. The number of nitrogens with one attached hydrogen (secondary N) is 1. The van der Waals surface area contributed by atoms with Gasteiger partial charge in [-0.3, -0.25) is 9.35 Å². The highest BCUT2D eigenvalue weighted by molar-refractivity contribution is 7.85. The molecule has 0 saturated heterocycles. The van der Waals surface area contributed by atoms with Crippen molar-refractivity contribution in [3.05, 3.63) is 12.7 Å². The molecule has 0 radical (unpaired) electrons. The van der Waals surface area contributed by atoms with Gasteiger partial charge < -0.3 is 9.80 Å². The third-order valence-electron chi connectivity index (χ3n) is 3.09. The fourth-order valence-electron chi connectivity index (χ4n) is 1.91. The standard InChI is InChI=1S/C13H26N2O4S/c1-4-13(16)14-9-6-5-7-10-15(2,3)11-8-12-20(17,18)19/h4H,1,5-12H2,2-3H3,(H-,14,16,17,18,19)/p+1. The predicted octanol–water partition coefficient (Wildman–Crippen LogP) is 0.813. The van der Waals surface area contributed by atoms with E-state index in [-0.39, 0.29) is 11.7 Å². The minimum atomic E-state index is -3.85. The first kappa shape index (κ1) is 19.1. The van der Waals surface area contributed by atoms with E-state index in [4.69, 9.17) is 4.55 Å². The van der Waals surface area contributed by atoms with Crippen molar-refractivity contribution in [3.63, 3.8) is 0 Å². The lowest BCUT2D eigenvalue weighted by atomic mass is 10.2. The van der Waals surface area contributed by atoms with Crippen LogP contribution in [0.4, 0.5) is 0 Å². The Morgan fingerprint density at radius 2 is 1.80 bits per heavy atom. The molecule has 0 aromatic carbocycles. The van der Waals surface area contributed by atoms with E-state index in [0.29, 0.717) is 19.5 Å². The van der Waals surface area contributed by atoms with E-state index >= 15 is 0 Å². The summed E-state index contributed by atoms with van der Waals surface area (Å²) in [5, 5.41) is 2.72. The Morgan fingerprint density at radius 3 is 2.35 bits per heavy atom. The van der Waals surface area contributed by atoms with Crippen molar-refractivity contribution < 1.29 is 22.2 Å². The topological polar surface area (TPSA) is 83.5 Å². The van der Waals surface area contributed by atoms with E-state index in [9.17, 15) is 13.2 Å². The van der Waals surface area contributed by atoms with Gasteiger partial charge in [-0.25, -0.2) is 0 Å². The largest absolute Gasteiger partial charge is 0.353 e. The highest BCUT2D eigenvalue weighted by Gasteiger charge is 2.16. The summed E-state index contributed by atoms with van der Waals surface area (Å²) >= 11 is 0. The Hall–Kier alpha value is -0.920. The maximum atomic E-state index is 10.9. The van der Waals surface area contributed by atoms with Gasteiger partial charge in [-0.2, -0.15) is 8.42 Å². The molecule has 0 aromatic heterocycles. The van der Waals surface area contributed by atoms with E-state index in [2.05, 4.69) is 11.9 Å². The molecule has 0 bridgehead atoms. The Labute approximate surface area is 122 Å². The number of nitrogens with zero attached hydrogens (tertiary/aromatic N) is 1. The first-order chi connectivity index (χ1) is 9.16. The molecule has 2 N–H and O–H groups in total. The van der Waals surface area contributed by atoms with Crippen LogP contribution in [-0.4, -0.2) is 62.8 Å². The normalized spacial score (nSPS) is 12.2. The molecule has 0 fully saturated rings. The Bertz CT molecular complexity index is 405. The van der Waals surface area contributed by atoms with Gasteiger partial charge in [-0.05, 0) is 25.3 Å². The van der Waals surface area contributed by atoms with E-state index < -0.39 is 10.1 Å². The van der Waals surface area contributed by atoms with Crippen molar-refractivity contribution in [2.75, 3.05) is 39.5 Å². The smallest absolute Gasteiger partial charge is 0.265 e. The molecule has 0 aliphatic carbocycles. The van der Waals surface area contributed by atoms with Gasteiger partial charge in [0.25, 0.3) is 10.1 Å². The van der Waals surface area contributed by atoms with Crippen LogP contribution in [0, 0.1) is 0 Å². The van der Waals surface area contributed by atoms with Gasteiger partial charge >= 0.3 is 0 Å². The lowest BCUT2D eigenvalue weighted by Gasteiger charge is -2.29. The first-order valence-corrected chi connectivity index (χ1v) is 8.45. The molecule has 0 unspecified atom stereocenters. The van der Waals surface area contributed by atoms with Crippen LogP contribution in [0.5, 0.6) is 0 Å². The minimum absolute atomic E-state index is 0.147. The van der Waals surface area contributed by atoms with Crippen LogP contribution in [0.2, 0.25) is 0 Å². The maximum Gasteiger partial charge on any atom is 0.265 e. The van der Waals surface area contributed by atoms with Crippen LogP contribution in [0.15, 0.2) is 12.7 Å². The van der Waals surface area contributed by atoms with Crippen LogP contribution in [0.1, 0.15) is 25.7 Å². The summed E-state index contributed by atoms with van der Waals surface area (Å²) in [5.41, 5.74) is 0. The fraction of sp³-hybridized carbons (Fsp3) is 0.769. The maximum absolute atomic E-state index is 10.9. The van der Waals surface area contributed by atoms with Crippen molar-refractivity contribution in [3.8, 4) is 0 Å². The number of carbonyl (C=O) groups excluding carboxylic acids is 1. The molecule has 20 heavy (non-hydrogen) atoms. The van der Waals surface area contributed by atoms with E-state index in [0.717, 1.165) is 30.3 Å². The molecule has 0 atom stereocenters. The second kappa shape index (κ2) is 9.10. The molecular formula is C13H27N2O4S+. The quantitative estimate of drug-likeness (QED) is 0.256. The van der Waals surface area contributed by atoms with Crippen molar-refractivity contribution in [1.82, 2.24) is 5.32 Å². The van der Waals surface area contributed by atoms with Gasteiger partial charge in [0.2, 0.25) is 5.91 Å². The third-order valence-corrected chi connectivity index (χ3v) is 3.90. The second-order valence-corrected chi connectivity index (χ2v) is 7.15. The van der Waals surface area contributed by atoms with Gasteiger partial charge in [0.15, 0.2) is 0 Å². The van der Waals surface area contributed by atoms with Crippen molar-refractivity contribution in [2.45, 2.75) is 25.7 Å². The molecule has 0 saturated carbocycles. The summed E-state index contributed by atoms with van der Waals surface area (Å²) in [6.45, 7) is 5.69. The SMILES string of the molecule is C=CC(=O)NCCCCC[N+](C)(C)CCCS(=O)(=O)O. The molecule has 6 nitrogen and oxygen atoms in total. The molecule has 0 spiro atoms. The van der Waals surface area contributed by atoms with Crippen LogP contribution < -0.4 is 5.32 Å². The zero-order valence-electron chi connectivity index (χ0n) is 12.5. The average molecular weight is 307 g/mol. The van der Waals surface area contributed by atoms with E-state index in [1.54, 1.807) is 0 Å². The average Bonchev–Trinajstić information content (AvgIpc) is 2.31. The summed E-state index contributed by atoms with van der Waals surface area (Å²) in [5.74, 6) is -0.325. The molecule has 0 rings (SSSR count). The zero-order valence-corrected chi connectivity index (χ0v) is 13.3. The highest BCUT2D eigenvalue weighted by Crippen LogP contribution is 2.05. The van der Waals surface area contributed by atoms with Gasteiger partial charge in [-0.15, -0.1) is 0 Å². The first-order valence-electron chi connectivity index (χ1n) is 6.84. The van der Waals surface area contributed by atoms with E-state index in [1.807, 2.05) is 14.1 Å². The summed E-state index contributed by atoms with van der Waals surface area (Å²) < 4.78 is 30.7. The fourth-order valence-corrected chi connectivity index (χ4v) is 2.41. The Balaban J connectivity index is 3.66. The summed E-state index contributed by atoms with van der Waals surface area (Å²) in [4.78, 5) is 10.9. The number of quaternary nitrogens is 1. The van der Waals surface area contributed by atoms with Gasteiger partial charge in [0.1, 0.15) is 0 Å². The number of amides is 1. The van der Waals surface area contributed by atoms with Crippen molar-refractivity contribution in [2.24, 2.45) is 0 Å². The molecule has 0 aromatic rings. The lowest BCUT2D eigenvalue weighted by molar-refractivity contribution is -0.890. The van der Waals surface area contributed by atoms with Crippen molar-refractivity contribution >= 4 is 16.0 Å². The summed E-state index contributed by atoms with van der Waals surface area (Å²) in [7, 11) is 0.242. The number of unbranched alkanes of at least 4 members (excludes halogenated alkanes) is 2. The molecule has 1 amide bonds. The summed E-state index contributed by atoms with van der Waals surface area (Å²) in [6, 6.07) is 0. The van der Waals surface area contributed by atoms with E-state index in [1.165, 1.54) is 6.08 Å². The number of hydrogen-bond donors (Lipinski definition) is 2. The molecule has 0 aliphatic heterocycles. The van der Waals surface area contributed by atoms with Crippen LogP contribution in [0.25, 0.3) is 0 Å². The molecule has 118 valence electrons. The molecule has 0 aliphatic rings. The zero-order chi connectivity index (χ0) is 15.6. The second-order valence-electron chi connectivity index (χ2n) is 5.58. The van der Waals surface area contributed by atoms with Gasteiger partial charge in [-0.1, -0.05) is 6.58 Å². The molecule has 7 heteroatoms. The lowest BCUT2D eigenvalue weighted by Crippen LogP contribution is -2.41. The number of rotatable bonds is 11. The Morgan fingerprint density at radius 1 is 1.20 bits per heavy atom. The molecular weight excluding hydrogens is 280 g/mol. The van der Waals surface area contributed by atoms with Gasteiger partial charge in [0, 0.05) is 13.0 Å². The van der Waals surface area contributed by atoms with Gasteiger partial charge in [0.05, 0.1) is 32.9 Å². The van der Waals surface area contributed by atoms with Crippen molar-refractivity contribution in [1.29, 1.82) is 0 Å². The number of hydrogen-bond acceptors (Lipinski definition) is 3. The minimum Gasteiger partial charge on any atom is -0.353 e. The third kappa shape index (κ3) is 12.1. The number of carbonyl (C=O) groups is 1. The van der Waals surface area contributed by atoms with Crippen LogP contribution in [-0.2, 0) is 14.9 Å². The predicted molar refractivity (Wildman–Crippen MR) is 79.9 cm³/mol. The summed E-state index contributed by atoms with van der Waals surface area (Å²) in [6.07, 6.45) is 4.67. The van der Waals surface area contributed by atoms with Crippen LogP contribution in [0.3, 0.4) is 0 Å². The van der Waals surface area contributed by atoms with Crippen LogP contribution >= 0.6 is 0 Å².